The van der Waals surface area contributed by atoms with Gasteiger partial charge in [-0.05, 0) is 37.3 Å². The zero-order valence-electron chi connectivity index (χ0n) is 14.6. The van der Waals surface area contributed by atoms with Crippen LogP contribution in [0.1, 0.15) is 17.5 Å². The van der Waals surface area contributed by atoms with Gasteiger partial charge in [-0.2, -0.15) is 0 Å². The second-order valence-corrected chi connectivity index (χ2v) is 8.44. The first kappa shape index (κ1) is 18.6. The summed E-state index contributed by atoms with van der Waals surface area (Å²) in [6.07, 6.45) is 1.55. The number of hydrogen-bond acceptors (Lipinski definition) is 4. The first-order valence-electron chi connectivity index (χ1n) is 8.22. The Morgan fingerprint density at radius 2 is 2.17 bits per heavy atom. The summed E-state index contributed by atoms with van der Waals surface area (Å²) in [6.45, 7) is 3.42. The summed E-state index contributed by atoms with van der Waals surface area (Å²) in [7, 11) is 0.566. The molecule has 1 aromatic rings. The fourth-order valence-corrected chi connectivity index (χ4v) is 4.77. The largest absolute Gasteiger partial charge is 0.496 e. The first-order chi connectivity index (χ1) is 11.4. The lowest BCUT2D eigenvalue weighted by Crippen LogP contribution is -2.40. The standard InChI is InChI=1S/C17H27N3O3S/c1-13-4-5-16(23-3)15(10-13)6-8-19-17(18-2)20-11-14-7-9-24(21,22)12-14/h4-5,10,14H,6-9,11-12H2,1-3H3,(H2,18,19,20). The van der Waals surface area contributed by atoms with Gasteiger partial charge in [0.05, 0.1) is 18.6 Å². The SMILES string of the molecule is CN=C(NCCc1cc(C)ccc1OC)NCC1CCS(=O)(=O)C1. The number of rotatable bonds is 6. The number of ether oxygens (including phenoxy) is 1. The van der Waals surface area contributed by atoms with E-state index in [1.807, 2.05) is 12.1 Å². The number of methoxy groups -OCH3 is 1. The Morgan fingerprint density at radius 3 is 2.79 bits per heavy atom. The minimum Gasteiger partial charge on any atom is -0.496 e. The lowest BCUT2D eigenvalue weighted by molar-refractivity contribution is 0.409. The molecule has 0 aromatic heterocycles. The first-order valence-corrected chi connectivity index (χ1v) is 10.0. The summed E-state index contributed by atoms with van der Waals surface area (Å²) in [5, 5.41) is 6.49. The van der Waals surface area contributed by atoms with Gasteiger partial charge in [-0.3, -0.25) is 4.99 Å². The van der Waals surface area contributed by atoms with Crippen LogP contribution in [0.3, 0.4) is 0 Å². The summed E-state index contributed by atoms with van der Waals surface area (Å²) >= 11 is 0. The number of guanidine groups is 1. The van der Waals surface area contributed by atoms with Crippen LogP contribution in [0.15, 0.2) is 23.2 Å². The average Bonchev–Trinajstić information content (AvgIpc) is 2.90. The molecule has 1 aliphatic rings. The van der Waals surface area contributed by atoms with Crippen molar-refractivity contribution >= 4 is 15.8 Å². The molecule has 24 heavy (non-hydrogen) atoms. The van der Waals surface area contributed by atoms with Crippen LogP contribution in [0.25, 0.3) is 0 Å². The van der Waals surface area contributed by atoms with Gasteiger partial charge < -0.3 is 15.4 Å². The molecule has 1 aliphatic heterocycles. The summed E-state index contributed by atoms with van der Waals surface area (Å²) < 4.78 is 28.4. The molecule has 1 saturated heterocycles. The molecule has 134 valence electrons. The average molecular weight is 353 g/mol. The summed E-state index contributed by atoms with van der Waals surface area (Å²) in [6, 6.07) is 6.14. The van der Waals surface area contributed by atoms with Gasteiger partial charge in [0, 0.05) is 20.1 Å². The molecule has 7 heteroatoms. The predicted octanol–water partition coefficient (Wildman–Crippen LogP) is 1.15. The highest BCUT2D eigenvalue weighted by Gasteiger charge is 2.27. The minimum absolute atomic E-state index is 0.172. The number of nitrogens with one attached hydrogen (secondary N) is 2. The number of hydrogen-bond donors (Lipinski definition) is 2. The molecule has 1 unspecified atom stereocenters. The van der Waals surface area contributed by atoms with Gasteiger partial charge in [0.25, 0.3) is 0 Å². The van der Waals surface area contributed by atoms with Crippen molar-refractivity contribution in [3.63, 3.8) is 0 Å². The van der Waals surface area contributed by atoms with Gasteiger partial charge >= 0.3 is 0 Å². The zero-order valence-corrected chi connectivity index (χ0v) is 15.4. The van der Waals surface area contributed by atoms with Gasteiger partial charge in [-0.25, -0.2) is 8.42 Å². The molecule has 0 aliphatic carbocycles. The Balaban J connectivity index is 1.79. The second-order valence-electron chi connectivity index (χ2n) is 6.21. The second kappa shape index (κ2) is 8.37. The van der Waals surface area contributed by atoms with Crippen LogP contribution < -0.4 is 15.4 Å². The van der Waals surface area contributed by atoms with Crippen LogP contribution in [0.2, 0.25) is 0 Å². The van der Waals surface area contributed by atoms with Crippen molar-refractivity contribution in [1.29, 1.82) is 0 Å². The monoisotopic (exact) mass is 353 g/mol. The van der Waals surface area contributed by atoms with Crippen molar-refractivity contribution in [2.75, 3.05) is 38.8 Å². The number of sulfone groups is 1. The van der Waals surface area contributed by atoms with Gasteiger partial charge in [-0.15, -0.1) is 0 Å². The lowest BCUT2D eigenvalue weighted by atomic mass is 10.1. The molecule has 1 aromatic carbocycles. The maximum absolute atomic E-state index is 11.5. The topological polar surface area (TPSA) is 79.8 Å². The molecule has 0 radical (unpaired) electrons. The highest BCUT2D eigenvalue weighted by molar-refractivity contribution is 7.91. The van der Waals surface area contributed by atoms with Crippen LogP contribution in [-0.4, -0.2) is 53.1 Å². The summed E-state index contributed by atoms with van der Waals surface area (Å²) in [5.41, 5.74) is 2.36. The molecule has 0 bridgehead atoms. The normalized spacial score (nSPS) is 20.0. The van der Waals surface area contributed by atoms with E-state index in [0.717, 1.165) is 30.7 Å². The Morgan fingerprint density at radius 1 is 1.38 bits per heavy atom. The van der Waals surface area contributed by atoms with Gasteiger partial charge in [0.2, 0.25) is 0 Å². The van der Waals surface area contributed by atoms with E-state index < -0.39 is 9.84 Å². The molecule has 0 spiro atoms. The van der Waals surface area contributed by atoms with Crippen LogP contribution in [0.5, 0.6) is 5.75 Å². The predicted molar refractivity (Wildman–Crippen MR) is 97.6 cm³/mol. The molecule has 1 heterocycles. The van der Waals surface area contributed by atoms with Crippen molar-refractivity contribution < 1.29 is 13.2 Å². The van der Waals surface area contributed by atoms with E-state index in [1.54, 1.807) is 14.2 Å². The van der Waals surface area contributed by atoms with E-state index in [2.05, 4.69) is 28.6 Å². The van der Waals surface area contributed by atoms with E-state index in [0.29, 0.717) is 18.3 Å². The quantitative estimate of drug-likeness (QED) is 0.592. The third-order valence-corrected chi connectivity index (χ3v) is 6.07. The molecule has 1 fully saturated rings. The Bertz CT molecular complexity index is 686. The highest BCUT2D eigenvalue weighted by atomic mass is 32.2. The van der Waals surface area contributed by atoms with Crippen molar-refractivity contribution in [1.82, 2.24) is 10.6 Å². The molecular formula is C17H27N3O3S. The Hall–Kier alpha value is -1.76. The molecule has 2 rings (SSSR count). The molecule has 2 N–H and O–H groups in total. The zero-order chi connectivity index (χ0) is 17.6. The summed E-state index contributed by atoms with van der Waals surface area (Å²) in [5.74, 6) is 2.34. The fourth-order valence-electron chi connectivity index (χ4n) is 2.91. The Kier molecular flexibility index (Phi) is 6.48. The smallest absolute Gasteiger partial charge is 0.190 e. The summed E-state index contributed by atoms with van der Waals surface area (Å²) in [4.78, 5) is 4.19. The van der Waals surface area contributed by atoms with Crippen LogP contribution in [0.4, 0.5) is 0 Å². The van der Waals surface area contributed by atoms with Gasteiger partial charge in [-0.1, -0.05) is 17.7 Å². The van der Waals surface area contributed by atoms with E-state index in [1.165, 1.54) is 5.56 Å². The van der Waals surface area contributed by atoms with E-state index in [4.69, 9.17) is 4.74 Å². The van der Waals surface area contributed by atoms with Crippen molar-refractivity contribution in [3.8, 4) is 5.75 Å². The molecule has 6 nitrogen and oxygen atoms in total. The Labute approximate surface area is 144 Å². The number of benzene rings is 1. The number of aryl methyl sites for hydroxylation is 1. The van der Waals surface area contributed by atoms with Crippen molar-refractivity contribution in [2.24, 2.45) is 10.9 Å². The number of aliphatic imine (C=N–C) groups is 1. The molecule has 0 amide bonds. The third-order valence-electron chi connectivity index (χ3n) is 4.23. The van der Waals surface area contributed by atoms with Crippen LogP contribution in [-0.2, 0) is 16.3 Å². The molecular weight excluding hydrogens is 326 g/mol. The maximum atomic E-state index is 11.5. The highest BCUT2D eigenvalue weighted by Crippen LogP contribution is 2.20. The third kappa shape index (κ3) is 5.40. The fraction of sp³-hybridized carbons (Fsp3) is 0.588. The minimum atomic E-state index is -2.83. The lowest BCUT2D eigenvalue weighted by Gasteiger charge is -2.15. The van der Waals surface area contributed by atoms with E-state index in [-0.39, 0.29) is 11.7 Å². The van der Waals surface area contributed by atoms with Gasteiger partial charge in [0.1, 0.15) is 5.75 Å². The maximum Gasteiger partial charge on any atom is 0.190 e. The van der Waals surface area contributed by atoms with Crippen molar-refractivity contribution in [2.45, 2.75) is 19.8 Å². The van der Waals surface area contributed by atoms with Crippen LogP contribution in [0, 0.1) is 12.8 Å². The van der Waals surface area contributed by atoms with Crippen LogP contribution >= 0.6 is 0 Å². The van der Waals surface area contributed by atoms with Gasteiger partial charge in [0.15, 0.2) is 15.8 Å². The van der Waals surface area contributed by atoms with E-state index in [9.17, 15) is 8.42 Å². The van der Waals surface area contributed by atoms with E-state index >= 15 is 0 Å². The molecule has 0 saturated carbocycles. The molecule has 1 atom stereocenters. The number of nitrogens with zero attached hydrogens (tertiary/aromatic N) is 1. The van der Waals surface area contributed by atoms with Crippen molar-refractivity contribution in [3.05, 3.63) is 29.3 Å².